The fourth-order valence-corrected chi connectivity index (χ4v) is 1.27. The monoisotopic (exact) mass is 194 g/mol. The third-order valence-electron chi connectivity index (χ3n) is 1.93. The molecule has 0 unspecified atom stereocenters. The average Bonchev–Trinajstić information content (AvgIpc) is 2.46. The molecule has 2 nitrogen and oxygen atoms in total. The summed E-state index contributed by atoms with van der Waals surface area (Å²) in [6, 6.07) is 0. The van der Waals surface area contributed by atoms with Gasteiger partial charge in [0, 0.05) is 26.1 Å². The van der Waals surface area contributed by atoms with Crippen molar-refractivity contribution in [1.82, 2.24) is 10.2 Å². The Bertz CT molecular complexity index is 129. The van der Waals surface area contributed by atoms with E-state index in [1.165, 1.54) is 0 Å². The van der Waals surface area contributed by atoms with Crippen LogP contribution in [0.1, 0.15) is 20.3 Å². The summed E-state index contributed by atoms with van der Waals surface area (Å²) in [7, 11) is 1.83. The molecule has 80 valence electrons. The van der Waals surface area contributed by atoms with E-state index in [1.54, 1.807) is 4.90 Å². The zero-order valence-corrected chi connectivity index (χ0v) is 8.74. The van der Waals surface area contributed by atoms with Crippen LogP contribution in [-0.4, -0.2) is 44.0 Å². The lowest BCUT2D eigenvalue weighted by Gasteiger charge is -2.14. The summed E-state index contributed by atoms with van der Waals surface area (Å²) in [4.78, 5) is 1.79. The van der Waals surface area contributed by atoms with Crippen LogP contribution in [0, 0.1) is 0 Å². The van der Waals surface area contributed by atoms with E-state index in [4.69, 9.17) is 0 Å². The first-order chi connectivity index (χ1) is 6.14. The zero-order valence-electron chi connectivity index (χ0n) is 8.74. The molecule has 4 heteroatoms. The highest BCUT2D eigenvalue weighted by Crippen LogP contribution is 2.25. The van der Waals surface area contributed by atoms with E-state index in [9.17, 15) is 8.78 Å². The minimum Gasteiger partial charge on any atom is -0.318 e. The Morgan fingerprint density at radius 2 is 2.00 bits per heavy atom. The standard InChI is InChI=1S/C7H14F2N2.C2H6/c1-10-3-5-11-4-2-7(8,9)6-11;1-2/h10H,2-6H2,1H3;1-2H3. The Kier molecular flexibility index (Phi) is 6.16. The van der Waals surface area contributed by atoms with Crippen molar-refractivity contribution in [2.24, 2.45) is 0 Å². The van der Waals surface area contributed by atoms with Gasteiger partial charge in [-0.25, -0.2) is 8.78 Å². The Labute approximate surface area is 79.3 Å². The highest BCUT2D eigenvalue weighted by molar-refractivity contribution is 4.81. The lowest BCUT2D eigenvalue weighted by molar-refractivity contribution is 0.0124. The van der Waals surface area contributed by atoms with Crippen LogP contribution in [0.5, 0.6) is 0 Å². The number of hydrogen-bond acceptors (Lipinski definition) is 2. The fraction of sp³-hybridized carbons (Fsp3) is 1.00. The van der Waals surface area contributed by atoms with Crippen LogP contribution in [0.3, 0.4) is 0 Å². The van der Waals surface area contributed by atoms with E-state index in [-0.39, 0.29) is 13.0 Å². The Balaban J connectivity index is 0.000000671. The molecule has 1 rings (SSSR count). The molecule has 0 aliphatic carbocycles. The first-order valence-electron chi connectivity index (χ1n) is 4.89. The van der Waals surface area contributed by atoms with Gasteiger partial charge >= 0.3 is 0 Å². The molecule has 0 saturated carbocycles. The molecule has 0 aromatic heterocycles. The quantitative estimate of drug-likeness (QED) is 0.733. The second-order valence-electron chi connectivity index (χ2n) is 2.99. The maximum absolute atomic E-state index is 12.6. The molecule has 1 aliphatic heterocycles. The maximum atomic E-state index is 12.6. The normalized spacial score (nSPS) is 21.0. The summed E-state index contributed by atoms with van der Waals surface area (Å²) in [5.41, 5.74) is 0. The summed E-state index contributed by atoms with van der Waals surface area (Å²) >= 11 is 0. The van der Waals surface area contributed by atoms with E-state index in [0.717, 1.165) is 13.1 Å². The van der Waals surface area contributed by atoms with Gasteiger partial charge in [0.05, 0.1) is 6.54 Å². The molecule has 0 aromatic carbocycles. The third-order valence-corrected chi connectivity index (χ3v) is 1.93. The molecule has 1 aliphatic rings. The molecule has 1 N–H and O–H groups in total. The Morgan fingerprint density at radius 1 is 1.38 bits per heavy atom. The molecule has 0 atom stereocenters. The predicted octanol–water partition coefficient (Wildman–Crippen LogP) is 1.57. The van der Waals surface area contributed by atoms with Gasteiger partial charge in [-0.05, 0) is 7.05 Å². The lowest BCUT2D eigenvalue weighted by atomic mass is 10.3. The molecule has 0 spiro atoms. The average molecular weight is 194 g/mol. The zero-order chi connectivity index (χ0) is 10.3. The molecule has 1 fully saturated rings. The molecular formula is C9H20F2N2. The topological polar surface area (TPSA) is 15.3 Å². The lowest BCUT2D eigenvalue weighted by Crippen LogP contribution is -2.31. The van der Waals surface area contributed by atoms with Crippen LogP contribution in [0.4, 0.5) is 8.78 Å². The fourth-order valence-electron chi connectivity index (χ4n) is 1.27. The first kappa shape index (κ1) is 12.8. The van der Waals surface area contributed by atoms with E-state index < -0.39 is 5.92 Å². The number of likely N-dealkylation sites (tertiary alicyclic amines) is 1. The smallest absolute Gasteiger partial charge is 0.261 e. The molecule has 0 bridgehead atoms. The van der Waals surface area contributed by atoms with Crippen molar-refractivity contribution in [3.63, 3.8) is 0 Å². The predicted molar refractivity (Wildman–Crippen MR) is 51.3 cm³/mol. The van der Waals surface area contributed by atoms with E-state index in [2.05, 4.69) is 5.32 Å². The number of rotatable bonds is 3. The van der Waals surface area contributed by atoms with E-state index in [1.807, 2.05) is 20.9 Å². The Hall–Kier alpha value is -0.220. The van der Waals surface area contributed by atoms with E-state index >= 15 is 0 Å². The van der Waals surface area contributed by atoms with Crippen LogP contribution in [-0.2, 0) is 0 Å². The van der Waals surface area contributed by atoms with E-state index in [0.29, 0.717) is 6.54 Å². The number of halogens is 2. The molecule has 1 saturated heterocycles. The first-order valence-corrected chi connectivity index (χ1v) is 4.89. The summed E-state index contributed by atoms with van der Waals surface area (Å²) in [6.07, 6.45) is 0.0245. The second-order valence-corrected chi connectivity index (χ2v) is 2.99. The van der Waals surface area contributed by atoms with Crippen LogP contribution in [0.25, 0.3) is 0 Å². The van der Waals surface area contributed by atoms with Gasteiger partial charge in [-0.1, -0.05) is 13.8 Å². The van der Waals surface area contributed by atoms with Gasteiger partial charge < -0.3 is 5.32 Å². The number of nitrogens with zero attached hydrogens (tertiary/aromatic N) is 1. The van der Waals surface area contributed by atoms with Crippen molar-refractivity contribution in [2.75, 3.05) is 33.2 Å². The van der Waals surface area contributed by atoms with Gasteiger partial charge in [0.2, 0.25) is 0 Å². The number of hydrogen-bond donors (Lipinski definition) is 1. The van der Waals surface area contributed by atoms with Crippen molar-refractivity contribution < 1.29 is 8.78 Å². The van der Waals surface area contributed by atoms with Crippen LogP contribution < -0.4 is 5.32 Å². The van der Waals surface area contributed by atoms with Crippen molar-refractivity contribution in [1.29, 1.82) is 0 Å². The second kappa shape index (κ2) is 6.27. The molecular weight excluding hydrogens is 174 g/mol. The summed E-state index contributed by atoms with van der Waals surface area (Å²) in [5.74, 6) is -2.44. The summed E-state index contributed by atoms with van der Waals surface area (Å²) in [5, 5.41) is 2.94. The molecule has 13 heavy (non-hydrogen) atoms. The van der Waals surface area contributed by atoms with Gasteiger partial charge in [-0.15, -0.1) is 0 Å². The van der Waals surface area contributed by atoms with Crippen molar-refractivity contribution in [3.05, 3.63) is 0 Å². The maximum Gasteiger partial charge on any atom is 0.261 e. The molecule has 1 heterocycles. The van der Waals surface area contributed by atoms with Gasteiger partial charge in [-0.3, -0.25) is 4.90 Å². The number of likely N-dealkylation sites (N-methyl/N-ethyl adjacent to an activating group) is 1. The Morgan fingerprint density at radius 3 is 2.38 bits per heavy atom. The highest BCUT2D eigenvalue weighted by Gasteiger charge is 2.37. The number of alkyl halides is 2. The molecule has 0 radical (unpaired) electrons. The number of nitrogens with one attached hydrogen (secondary N) is 1. The van der Waals surface area contributed by atoms with Crippen LogP contribution in [0.15, 0.2) is 0 Å². The van der Waals surface area contributed by atoms with Crippen LogP contribution >= 0.6 is 0 Å². The van der Waals surface area contributed by atoms with Gasteiger partial charge in [0.15, 0.2) is 0 Å². The minimum atomic E-state index is -2.44. The summed E-state index contributed by atoms with van der Waals surface area (Å²) < 4.78 is 25.1. The van der Waals surface area contributed by atoms with Gasteiger partial charge in [-0.2, -0.15) is 0 Å². The SMILES string of the molecule is CC.CNCCN1CCC(F)(F)C1. The van der Waals surface area contributed by atoms with Crippen molar-refractivity contribution in [2.45, 2.75) is 26.2 Å². The van der Waals surface area contributed by atoms with Gasteiger partial charge in [0.1, 0.15) is 0 Å². The largest absolute Gasteiger partial charge is 0.318 e. The highest BCUT2D eigenvalue weighted by atomic mass is 19.3. The third kappa shape index (κ3) is 5.16. The summed E-state index contributed by atoms with van der Waals surface area (Å²) in [6.45, 7) is 5.99. The van der Waals surface area contributed by atoms with Crippen LogP contribution in [0.2, 0.25) is 0 Å². The molecule has 0 aromatic rings. The van der Waals surface area contributed by atoms with Crippen molar-refractivity contribution in [3.8, 4) is 0 Å². The van der Waals surface area contributed by atoms with Crippen molar-refractivity contribution >= 4 is 0 Å². The van der Waals surface area contributed by atoms with Gasteiger partial charge in [0.25, 0.3) is 5.92 Å². The minimum absolute atomic E-state index is 0.0245. The molecule has 0 amide bonds.